The van der Waals surface area contributed by atoms with Crippen LogP contribution >= 0.6 is 0 Å². The lowest BCUT2D eigenvalue weighted by Crippen LogP contribution is -2.37. The van der Waals surface area contributed by atoms with Crippen LogP contribution in [0.15, 0.2) is 146 Å². The molecule has 9 atom stereocenters. The maximum Gasteiger partial charge on any atom is 0.348 e. The first-order chi connectivity index (χ1) is 51.8. The van der Waals surface area contributed by atoms with E-state index in [-0.39, 0.29) is 55.9 Å². The molecule has 6 fully saturated rings. The number of fused-ring (bicyclic) bond motifs is 3. The Morgan fingerprint density at radius 2 is 0.645 bits per heavy atom. The Labute approximate surface area is 636 Å². The lowest BCUT2D eigenvalue weighted by molar-refractivity contribution is -0.634. The van der Waals surface area contributed by atoms with E-state index in [4.69, 9.17) is 18.9 Å². The van der Waals surface area contributed by atoms with Gasteiger partial charge in [0.25, 0.3) is 17.5 Å². The number of piperidine rings is 1. The molecule has 15 rings (SSSR count). The van der Waals surface area contributed by atoms with E-state index >= 15 is 0 Å². The summed E-state index contributed by atoms with van der Waals surface area (Å²) in [6.07, 6.45) is 16.5. The fourth-order valence-corrected chi connectivity index (χ4v) is 18.9. The number of aryl methyl sites for hydroxylation is 3. The van der Waals surface area contributed by atoms with Gasteiger partial charge in [-0.25, -0.2) is 41.8 Å². The molecule has 3 saturated carbocycles. The Hall–Kier alpha value is -8.50. The van der Waals surface area contributed by atoms with E-state index in [9.17, 15) is 14.4 Å². The molecule has 0 radical (unpaired) electrons. The first-order valence-electron chi connectivity index (χ1n) is 40.9. The smallest absolute Gasteiger partial charge is 0.348 e. The van der Waals surface area contributed by atoms with Gasteiger partial charge in [0.1, 0.15) is 18.3 Å². The van der Waals surface area contributed by atoms with Gasteiger partial charge in [-0.15, -0.1) is 0 Å². The topological polar surface area (TPSA) is 124 Å². The highest BCUT2D eigenvalue weighted by molar-refractivity contribution is 5.83. The number of nitrogens with zero attached hydrogens (tertiary/aromatic N) is 9. The van der Waals surface area contributed by atoms with Crippen molar-refractivity contribution in [1.29, 1.82) is 0 Å². The minimum atomic E-state index is -0.146. The highest BCUT2D eigenvalue weighted by Gasteiger charge is 2.39. The fourth-order valence-electron chi connectivity index (χ4n) is 18.9. The number of benzene rings is 6. The summed E-state index contributed by atoms with van der Waals surface area (Å²) in [6, 6.07) is 51.3. The summed E-state index contributed by atoms with van der Waals surface area (Å²) in [4.78, 5) is 47.4. The van der Waals surface area contributed by atoms with Crippen molar-refractivity contribution < 1.29 is 47.0 Å². The standard InChI is InChI=1S/C31H42N3O2.C30H40N3O3.C30H40N3O2/c1-22(2)26-17-12-23(3)20-29(26)36-30(35)21-34-28-11-7-6-10-27(28)32(4)31(34)24-13-15-25(16-14-24)33-18-8-5-9-19-33;1-21(2)25-14-9-22(3)19-28(25)36-29(34)20-33-27-8-6-5-7-26(27)31(4)30(33)23-10-12-24(13-11-23)32-15-17-35-18-16-32;1-21(2)25-16-11-22(3)19-28(25)35-29(34)20-33-27-10-6-5-9-26(27)31(4)30(33)23-12-14-24(15-13-23)32-17-7-8-18-32/h6-7,10-11,13-16,22-23,26,29H,5,8-9,12,17-21H2,1-4H3;5-8,10-13,21-22,25,28H,9,14-20H2,1-4H3;5-6,9-10,12-15,21-22,25,28H,7-8,11,16-20H2,1-4H3/q3*+1/t23-,26+,29?;2*22-,25+,28?/m111/s1. The van der Waals surface area contributed by atoms with E-state index < -0.39 is 0 Å². The highest BCUT2D eigenvalue weighted by Crippen LogP contribution is 2.40. The lowest BCUT2D eigenvalue weighted by Gasteiger charge is -2.36. The summed E-state index contributed by atoms with van der Waals surface area (Å²) in [6.45, 7) is 28.9. The van der Waals surface area contributed by atoms with Crippen molar-refractivity contribution in [3.63, 3.8) is 0 Å². The van der Waals surface area contributed by atoms with Crippen molar-refractivity contribution >= 4 is 68.1 Å². The largest absolute Gasteiger partial charge is 0.459 e. The highest BCUT2D eigenvalue weighted by atomic mass is 16.6. The first-order valence-corrected chi connectivity index (χ1v) is 40.9. The van der Waals surface area contributed by atoms with Crippen LogP contribution in [0.25, 0.3) is 67.3 Å². The summed E-state index contributed by atoms with van der Waals surface area (Å²) < 4.78 is 37.1. The number of carbonyl (C=O) groups is 3. The Morgan fingerprint density at radius 1 is 0.374 bits per heavy atom. The third-order valence-electron chi connectivity index (χ3n) is 24.9. The van der Waals surface area contributed by atoms with Crippen LogP contribution < -0.4 is 28.4 Å². The van der Waals surface area contributed by atoms with Crippen LogP contribution in [0, 0.1) is 53.3 Å². The van der Waals surface area contributed by atoms with Gasteiger partial charge in [0.05, 0.1) is 51.0 Å². The number of carbonyl (C=O) groups excluding carboxylic acids is 3. The number of anilines is 3. The molecule has 6 aromatic carbocycles. The molecular weight excluding hydrogens is 1330 g/mol. The van der Waals surface area contributed by atoms with Gasteiger partial charge in [-0.2, -0.15) is 0 Å². The van der Waals surface area contributed by atoms with Crippen LogP contribution in [0.1, 0.15) is 152 Å². The van der Waals surface area contributed by atoms with E-state index in [0.29, 0.717) is 53.3 Å². The molecule has 16 nitrogen and oxygen atoms in total. The monoisotopic (exact) mass is 1450 g/mol. The molecule has 6 heterocycles. The molecule has 107 heavy (non-hydrogen) atoms. The molecule has 3 aromatic heterocycles. The van der Waals surface area contributed by atoms with Crippen LogP contribution in [0.4, 0.5) is 17.1 Å². The first kappa shape index (κ1) is 76.7. The zero-order valence-corrected chi connectivity index (χ0v) is 66.3. The third-order valence-corrected chi connectivity index (χ3v) is 24.9. The van der Waals surface area contributed by atoms with E-state index in [0.717, 1.165) is 158 Å². The Kier molecular flexibility index (Phi) is 24.9. The Morgan fingerprint density at radius 3 is 0.935 bits per heavy atom. The van der Waals surface area contributed by atoms with E-state index in [1.807, 2.05) is 24.3 Å². The molecule has 3 saturated heterocycles. The van der Waals surface area contributed by atoms with E-state index in [2.05, 4.69) is 247 Å². The van der Waals surface area contributed by atoms with E-state index in [1.165, 1.54) is 68.4 Å². The molecule has 3 unspecified atom stereocenters. The van der Waals surface area contributed by atoms with Crippen molar-refractivity contribution in [2.24, 2.45) is 74.4 Å². The molecule has 9 aromatic rings. The van der Waals surface area contributed by atoms with Crippen molar-refractivity contribution in [2.75, 3.05) is 67.2 Å². The summed E-state index contributed by atoms with van der Waals surface area (Å²) >= 11 is 0. The predicted octanol–water partition coefficient (Wildman–Crippen LogP) is 16.8. The lowest BCUT2D eigenvalue weighted by atomic mass is 9.75. The van der Waals surface area contributed by atoms with Crippen LogP contribution in [-0.2, 0) is 74.1 Å². The molecule has 16 heteroatoms. The van der Waals surface area contributed by atoms with Crippen molar-refractivity contribution in [3.05, 3.63) is 146 Å². The minimum Gasteiger partial charge on any atom is -0.459 e. The average molecular weight is 1450 g/mol. The van der Waals surface area contributed by atoms with Crippen molar-refractivity contribution in [2.45, 2.75) is 190 Å². The number of morpholine rings is 1. The van der Waals surface area contributed by atoms with Gasteiger partial charge in [0, 0.05) is 56.3 Å². The molecule has 3 aliphatic carbocycles. The summed E-state index contributed by atoms with van der Waals surface area (Å²) in [5.74, 6) is 7.39. The number of para-hydroxylation sites is 6. The molecule has 3 aliphatic heterocycles. The Bertz CT molecular complexity index is 4270. The maximum atomic E-state index is 13.4. The zero-order valence-electron chi connectivity index (χ0n) is 66.3. The van der Waals surface area contributed by atoms with Crippen LogP contribution in [0.5, 0.6) is 0 Å². The maximum absolute atomic E-state index is 13.4. The van der Waals surface area contributed by atoms with Gasteiger partial charge < -0.3 is 33.6 Å². The molecular formula is C91H122N9O7+3. The Balaban J connectivity index is 0.000000142. The second-order valence-electron chi connectivity index (χ2n) is 33.4. The number of hydrogen-bond donors (Lipinski definition) is 0. The number of esters is 3. The average Bonchev–Trinajstić information content (AvgIpc) is 1.63. The number of aromatic nitrogens is 6. The third kappa shape index (κ3) is 17.6. The normalized spacial score (nSPS) is 22.8. The predicted molar refractivity (Wildman–Crippen MR) is 430 cm³/mol. The molecule has 570 valence electrons. The second kappa shape index (κ2) is 34.8. The number of rotatable bonds is 18. The van der Waals surface area contributed by atoms with Crippen LogP contribution in [0.3, 0.4) is 0 Å². The van der Waals surface area contributed by atoms with Gasteiger partial charge in [0.15, 0.2) is 52.7 Å². The zero-order chi connectivity index (χ0) is 75.0. The number of hydrogen-bond acceptors (Lipinski definition) is 10. The van der Waals surface area contributed by atoms with Gasteiger partial charge in [-0.3, -0.25) is 0 Å². The van der Waals surface area contributed by atoms with E-state index in [1.54, 1.807) is 0 Å². The van der Waals surface area contributed by atoms with Gasteiger partial charge >= 0.3 is 17.9 Å². The van der Waals surface area contributed by atoms with Crippen molar-refractivity contribution in [1.82, 2.24) is 13.7 Å². The van der Waals surface area contributed by atoms with Crippen molar-refractivity contribution in [3.8, 4) is 34.2 Å². The SMILES string of the molecule is CC(C)[C@@H]1CC[C@@H](C)CC1OC(=O)Cn1c(-c2ccc(N3CCCC3)cc2)[n+](C)c2ccccc21.CC(C)[C@@H]1CC[C@@H](C)CC1OC(=O)Cn1c(-c2ccc(N3CCCCC3)cc2)[n+](C)c2ccccc21.CC(C)[C@@H]1CC[C@@H](C)CC1OC(=O)Cn1c(-c2ccc(N3CCOCC3)cc2)[n+](C)c2ccccc21. The summed E-state index contributed by atoms with van der Waals surface area (Å²) in [5.41, 5.74) is 13.6. The minimum absolute atomic E-state index is 0.00748. The molecule has 0 bridgehead atoms. The molecule has 0 spiro atoms. The summed E-state index contributed by atoms with van der Waals surface area (Å²) in [5, 5.41) is 0. The molecule has 0 N–H and O–H groups in total. The van der Waals surface area contributed by atoms with Crippen LogP contribution in [-0.4, -0.2) is 102 Å². The second-order valence-corrected chi connectivity index (χ2v) is 33.4. The number of imidazole rings is 3. The van der Waals surface area contributed by atoms with Gasteiger partial charge in [-0.1, -0.05) is 118 Å². The molecule has 6 aliphatic rings. The quantitative estimate of drug-likeness (QED) is 0.0466. The summed E-state index contributed by atoms with van der Waals surface area (Å²) in [7, 11) is 6.26. The fraction of sp³-hybridized carbons (Fsp3) is 0.538. The molecule has 0 amide bonds. The van der Waals surface area contributed by atoms with Crippen LogP contribution in [0.2, 0.25) is 0 Å². The van der Waals surface area contributed by atoms with Gasteiger partial charge in [-0.05, 0) is 233 Å². The van der Waals surface area contributed by atoms with Gasteiger partial charge in [0.2, 0.25) is 0 Å². The number of ether oxygens (including phenoxy) is 4.